The summed E-state index contributed by atoms with van der Waals surface area (Å²) < 4.78 is 9.89. The van der Waals surface area contributed by atoms with E-state index >= 15 is 0 Å². The molecule has 7 heteroatoms. The molecule has 0 fully saturated rings. The van der Waals surface area contributed by atoms with E-state index in [1.165, 1.54) is 12.3 Å². The maximum absolute atomic E-state index is 12.0. The Morgan fingerprint density at radius 3 is 2.52 bits per heavy atom. The number of aryl methyl sites for hydroxylation is 1. The van der Waals surface area contributed by atoms with Crippen LogP contribution in [0.15, 0.2) is 47.1 Å². The molecule has 0 unspecified atom stereocenters. The van der Waals surface area contributed by atoms with Gasteiger partial charge in [0.05, 0.1) is 18.7 Å². The molecule has 0 aliphatic heterocycles. The van der Waals surface area contributed by atoms with Crippen molar-refractivity contribution < 1.29 is 23.5 Å². The maximum Gasteiger partial charge on any atom is 0.308 e. The molecule has 2 rings (SSSR count). The van der Waals surface area contributed by atoms with E-state index in [2.05, 4.69) is 10.6 Å². The summed E-state index contributed by atoms with van der Waals surface area (Å²) in [5.41, 5.74) is 2.15. The predicted molar refractivity (Wildman–Crippen MR) is 99.0 cm³/mol. The van der Waals surface area contributed by atoms with Crippen LogP contribution in [-0.4, -0.2) is 30.9 Å². The summed E-state index contributed by atoms with van der Waals surface area (Å²) >= 11 is 0. The molecular formula is C20H24N2O5. The molecule has 0 saturated heterocycles. The van der Waals surface area contributed by atoms with Crippen molar-refractivity contribution in [1.29, 1.82) is 0 Å². The number of carbonyl (C=O) groups excluding carboxylic acids is 3. The minimum Gasteiger partial charge on any atom is -0.459 e. The van der Waals surface area contributed by atoms with E-state index in [1.54, 1.807) is 6.07 Å². The number of furan rings is 1. The van der Waals surface area contributed by atoms with Crippen molar-refractivity contribution in [3.8, 4) is 0 Å². The molecule has 2 N–H and O–H groups in total. The van der Waals surface area contributed by atoms with Gasteiger partial charge in [-0.15, -0.1) is 0 Å². The molecule has 2 aromatic rings. The fourth-order valence-corrected chi connectivity index (χ4v) is 2.45. The van der Waals surface area contributed by atoms with Gasteiger partial charge in [-0.1, -0.05) is 36.8 Å². The van der Waals surface area contributed by atoms with Crippen LogP contribution in [0.1, 0.15) is 47.5 Å². The van der Waals surface area contributed by atoms with Crippen LogP contribution in [-0.2, 0) is 14.3 Å². The summed E-state index contributed by atoms with van der Waals surface area (Å²) in [6.45, 7) is 3.71. The van der Waals surface area contributed by atoms with Crippen molar-refractivity contribution in [2.24, 2.45) is 0 Å². The van der Waals surface area contributed by atoms with Gasteiger partial charge in [0.15, 0.2) is 12.4 Å². The second kappa shape index (κ2) is 10.2. The molecular weight excluding hydrogens is 348 g/mol. The van der Waals surface area contributed by atoms with Crippen molar-refractivity contribution >= 4 is 17.8 Å². The lowest BCUT2D eigenvalue weighted by atomic mass is 10.0. The maximum atomic E-state index is 12.0. The molecule has 144 valence electrons. The fraction of sp³-hybridized carbons (Fsp3) is 0.350. The summed E-state index contributed by atoms with van der Waals surface area (Å²) in [5, 5.41) is 5.39. The number of nitrogens with one attached hydrogen (secondary N) is 2. The molecule has 2 amide bonds. The summed E-state index contributed by atoms with van der Waals surface area (Å²) in [7, 11) is 0. The number of amides is 2. The third-order valence-electron chi connectivity index (χ3n) is 3.95. The van der Waals surface area contributed by atoms with Crippen LogP contribution < -0.4 is 10.6 Å². The van der Waals surface area contributed by atoms with Gasteiger partial charge < -0.3 is 19.8 Å². The van der Waals surface area contributed by atoms with Crippen molar-refractivity contribution in [2.75, 3.05) is 13.2 Å². The molecule has 7 nitrogen and oxygen atoms in total. The highest BCUT2D eigenvalue weighted by Gasteiger charge is 2.15. The number of ether oxygens (including phenoxy) is 1. The topological polar surface area (TPSA) is 97.6 Å². The number of hydrogen-bond donors (Lipinski definition) is 2. The van der Waals surface area contributed by atoms with Crippen LogP contribution >= 0.6 is 0 Å². The number of carbonyl (C=O) groups is 3. The van der Waals surface area contributed by atoms with E-state index in [0.29, 0.717) is 0 Å². The molecule has 0 aliphatic rings. The van der Waals surface area contributed by atoms with Crippen LogP contribution in [0.4, 0.5) is 0 Å². The van der Waals surface area contributed by atoms with Crippen molar-refractivity contribution in [2.45, 2.75) is 32.7 Å². The van der Waals surface area contributed by atoms with Gasteiger partial charge in [-0.25, -0.2) is 0 Å². The second-order valence-electron chi connectivity index (χ2n) is 6.08. The largest absolute Gasteiger partial charge is 0.459 e. The first-order valence-corrected chi connectivity index (χ1v) is 8.83. The molecule has 0 spiro atoms. The van der Waals surface area contributed by atoms with Gasteiger partial charge in [0, 0.05) is 6.54 Å². The fourth-order valence-electron chi connectivity index (χ4n) is 2.45. The molecule has 1 aromatic heterocycles. The monoisotopic (exact) mass is 372 g/mol. The van der Waals surface area contributed by atoms with Crippen LogP contribution in [0.25, 0.3) is 0 Å². The van der Waals surface area contributed by atoms with Crippen LogP contribution in [0.3, 0.4) is 0 Å². The van der Waals surface area contributed by atoms with Crippen molar-refractivity contribution in [1.82, 2.24) is 10.6 Å². The average molecular weight is 372 g/mol. The minimum atomic E-state index is -0.562. The highest BCUT2D eigenvalue weighted by atomic mass is 16.5. The molecule has 0 saturated carbocycles. The molecule has 0 bridgehead atoms. The summed E-state index contributed by atoms with van der Waals surface area (Å²) in [6, 6.07) is 10.9. The lowest BCUT2D eigenvalue weighted by Gasteiger charge is -2.17. The molecule has 0 radical (unpaired) electrons. The van der Waals surface area contributed by atoms with E-state index in [9.17, 15) is 14.4 Å². The average Bonchev–Trinajstić information content (AvgIpc) is 3.20. The number of esters is 1. The SMILES string of the molecule is CC[C@H](NC(=O)COC(=O)CCNC(=O)c1ccco1)c1ccc(C)cc1. The van der Waals surface area contributed by atoms with Gasteiger partial charge in [-0.3, -0.25) is 14.4 Å². The van der Waals surface area contributed by atoms with Gasteiger partial charge >= 0.3 is 5.97 Å². The molecule has 1 atom stereocenters. The highest BCUT2D eigenvalue weighted by Crippen LogP contribution is 2.16. The van der Waals surface area contributed by atoms with E-state index in [1.807, 2.05) is 38.1 Å². The van der Waals surface area contributed by atoms with Gasteiger partial charge in [-0.2, -0.15) is 0 Å². The van der Waals surface area contributed by atoms with Gasteiger partial charge in [0.2, 0.25) is 0 Å². The Bertz CT molecular complexity index is 753. The lowest BCUT2D eigenvalue weighted by Crippen LogP contribution is -2.33. The molecule has 1 aromatic carbocycles. The normalized spacial score (nSPS) is 11.5. The summed E-state index contributed by atoms with van der Waals surface area (Å²) in [6.07, 6.45) is 2.08. The van der Waals surface area contributed by atoms with Crippen LogP contribution in [0.2, 0.25) is 0 Å². The van der Waals surface area contributed by atoms with E-state index in [4.69, 9.17) is 9.15 Å². The quantitative estimate of drug-likeness (QED) is 0.659. The first-order chi connectivity index (χ1) is 13.0. The van der Waals surface area contributed by atoms with Gasteiger partial charge in [0.1, 0.15) is 0 Å². The number of rotatable bonds is 9. The van der Waals surface area contributed by atoms with Gasteiger partial charge in [-0.05, 0) is 31.0 Å². The molecule has 1 heterocycles. The zero-order valence-electron chi connectivity index (χ0n) is 15.5. The Labute approximate surface area is 158 Å². The first-order valence-electron chi connectivity index (χ1n) is 8.83. The summed E-state index contributed by atoms with van der Waals surface area (Å²) in [4.78, 5) is 35.4. The Morgan fingerprint density at radius 1 is 1.15 bits per heavy atom. The highest BCUT2D eigenvalue weighted by molar-refractivity contribution is 5.91. The van der Waals surface area contributed by atoms with E-state index in [-0.39, 0.29) is 37.3 Å². The Hall–Kier alpha value is -3.09. The van der Waals surface area contributed by atoms with E-state index < -0.39 is 11.9 Å². The number of benzene rings is 1. The summed E-state index contributed by atoms with van der Waals surface area (Å²) in [5.74, 6) is -1.16. The Balaban J connectivity index is 1.68. The van der Waals surface area contributed by atoms with Crippen LogP contribution in [0, 0.1) is 6.92 Å². The second-order valence-corrected chi connectivity index (χ2v) is 6.08. The smallest absolute Gasteiger partial charge is 0.308 e. The van der Waals surface area contributed by atoms with Crippen LogP contribution in [0.5, 0.6) is 0 Å². The Kier molecular flexibility index (Phi) is 7.61. The lowest BCUT2D eigenvalue weighted by molar-refractivity contribution is -0.148. The van der Waals surface area contributed by atoms with Gasteiger partial charge in [0.25, 0.3) is 11.8 Å². The zero-order chi connectivity index (χ0) is 19.6. The zero-order valence-corrected chi connectivity index (χ0v) is 15.5. The Morgan fingerprint density at radius 2 is 1.89 bits per heavy atom. The third kappa shape index (κ3) is 6.62. The molecule has 0 aliphatic carbocycles. The van der Waals surface area contributed by atoms with Crippen molar-refractivity contribution in [3.05, 3.63) is 59.5 Å². The minimum absolute atomic E-state index is 0.0328. The molecule has 27 heavy (non-hydrogen) atoms. The van der Waals surface area contributed by atoms with E-state index in [0.717, 1.165) is 17.5 Å². The third-order valence-corrected chi connectivity index (χ3v) is 3.95. The predicted octanol–water partition coefficient (Wildman–Crippen LogP) is 2.52. The van der Waals surface area contributed by atoms with Crippen molar-refractivity contribution in [3.63, 3.8) is 0 Å². The first kappa shape index (κ1) is 20.2. The standard InChI is InChI=1S/C20H24N2O5/c1-3-16(15-8-6-14(2)7-9-15)22-18(23)13-27-19(24)10-11-21-20(25)17-5-4-12-26-17/h4-9,12,16H,3,10-11,13H2,1-2H3,(H,21,25)(H,22,23)/t16-/m0/s1. The number of hydrogen-bond acceptors (Lipinski definition) is 5.